The molecule has 0 radical (unpaired) electrons. The average molecular weight is 333 g/mol. The summed E-state index contributed by atoms with van der Waals surface area (Å²) in [6, 6.07) is 1.49. The summed E-state index contributed by atoms with van der Waals surface area (Å²) >= 11 is 7.57. The molecule has 2 N–H and O–H groups in total. The molecule has 1 aromatic heterocycles. The zero-order chi connectivity index (χ0) is 10.1. The number of rotatable bonds is 2. The van der Waals surface area contributed by atoms with Crippen molar-refractivity contribution in [3.05, 3.63) is 26.5 Å². The van der Waals surface area contributed by atoms with Gasteiger partial charge in [-0.05, 0) is 34.2 Å². The van der Waals surface area contributed by atoms with Crippen LogP contribution in [0.1, 0.15) is 5.56 Å². The maximum atomic E-state index is 10.8. The van der Waals surface area contributed by atoms with E-state index >= 15 is 0 Å². The molecule has 0 aliphatic heterocycles. The minimum atomic E-state index is -3.51. The first kappa shape index (κ1) is 11.2. The SMILES string of the molecule is NS(=O)(=O)Cc1cc(Cl)ncc1I. The van der Waals surface area contributed by atoms with Crippen LogP contribution in [0.4, 0.5) is 0 Å². The molecule has 0 atom stereocenters. The molecule has 1 aromatic rings. The number of aromatic nitrogens is 1. The first-order valence-electron chi connectivity index (χ1n) is 3.19. The van der Waals surface area contributed by atoms with E-state index in [2.05, 4.69) is 4.98 Å². The molecule has 0 unspecified atom stereocenters. The Bertz CT molecular complexity index is 421. The number of hydrogen-bond acceptors (Lipinski definition) is 3. The highest BCUT2D eigenvalue weighted by Gasteiger charge is 2.09. The van der Waals surface area contributed by atoms with E-state index < -0.39 is 10.0 Å². The Morgan fingerprint density at radius 3 is 2.77 bits per heavy atom. The Balaban J connectivity index is 3.08. The highest BCUT2D eigenvalue weighted by Crippen LogP contribution is 2.16. The predicted octanol–water partition coefficient (Wildman–Crippen LogP) is 1.13. The summed E-state index contributed by atoms with van der Waals surface area (Å²) < 4.78 is 22.3. The third kappa shape index (κ3) is 3.75. The summed E-state index contributed by atoms with van der Waals surface area (Å²) in [6.45, 7) is 0. The number of nitrogens with zero attached hydrogens (tertiary/aromatic N) is 1. The molecule has 0 aliphatic carbocycles. The van der Waals surface area contributed by atoms with Gasteiger partial charge in [-0.15, -0.1) is 0 Å². The summed E-state index contributed by atoms with van der Waals surface area (Å²) in [4.78, 5) is 3.79. The number of pyridine rings is 1. The normalized spacial score (nSPS) is 11.6. The maximum absolute atomic E-state index is 10.8. The molecule has 0 saturated heterocycles. The van der Waals surface area contributed by atoms with Crippen molar-refractivity contribution in [2.75, 3.05) is 0 Å². The van der Waals surface area contributed by atoms with Crippen molar-refractivity contribution in [2.24, 2.45) is 5.14 Å². The number of nitrogens with two attached hydrogens (primary N) is 1. The highest BCUT2D eigenvalue weighted by molar-refractivity contribution is 14.1. The quantitative estimate of drug-likeness (QED) is 0.652. The molecule has 0 saturated carbocycles. The first-order chi connectivity index (χ1) is 5.88. The van der Waals surface area contributed by atoms with E-state index in [1.165, 1.54) is 12.3 Å². The van der Waals surface area contributed by atoms with Gasteiger partial charge < -0.3 is 0 Å². The van der Waals surface area contributed by atoms with Gasteiger partial charge in [0.2, 0.25) is 10.0 Å². The fraction of sp³-hybridized carbons (Fsp3) is 0.167. The van der Waals surface area contributed by atoms with Crippen LogP contribution in [0.3, 0.4) is 0 Å². The van der Waals surface area contributed by atoms with Gasteiger partial charge in [-0.3, -0.25) is 0 Å². The Morgan fingerprint density at radius 1 is 1.62 bits per heavy atom. The lowest BCUT2D eigenvalue weighted by Gasteiger charge is -2.02. The number of hydrogen-bond donors (Lipinski definition) is 1. The minimum Gasteiger partial charge on any atom is -0.243 e. The summed E-state index contributed by atoms with van der Waals surface area (Å²) in [7, 11) is -3.51. The van der Waals surface area contributed by atoms with Crippen molar-refractivity contribution in [1.82, 2.24) is 4.98 Å². The van der Waals surface area contributed by atoms with E-state index in [9.17, 15) is 8.42 Å². The van der Waals surface area contributed by atoms with Crippen LogP contribution in [0.5, 0.6) is 0 Å². The summed E-state index contributed by atoms with van der Waals surface area (Å²) in [6.07, 6.45) is 1.50. The van der Waals surface area contributed by atoms with Crippen LogP contribution in [0.15, 0.2) is 12.3 Å². The lowest BCUT2D eigenvalue weighted by molar-refractivity contribution is 0.597. The largest absolute Gasteiger partial charge is 0.243 e. The van der Waals surface area contributed by atoms with Crippen LogP contribution in [-0.2, 0) is 15.8 Å². The predicted molar refractivity (Wildman–Crippen MR) is 58.8 cm³/mol. The van der Waals surface area contributed by atoms with Crippen LogP contribution in [-0.4, -0.2) is 13.4 Å². The van der Waals surface area contributed by atoms with Crippen molar-refractivity contribution < 1.29 is 8.42 Å². The number of primary sulfonamides is 1. The molecule has 1 heterocycles. The molecule has 0 bridgehead atoms. The Kier molecular flexibility index (Phi) is 3.50. The molecule has 0 aliphatic rings. The van der Waals surface area contributed by atoms with Gasteiger partial charge in [0, 0.05) is 9.77 Å². The van der Waals surface area contributed by atoms with Crippen molar-refractivity contribution in [2.45, 2.75) is 5.75 Å². The monoisotopic (exact) mass is 332 g/mol. The molecular formula is C6H6ClIN2O2S. The lowest BCUT2D eigenvalue weighted by Crippen LogP contribution is -2.15. The van der Waals surface area contributed by atoms with E-state index in [1.807, 2.05) is 22.6 Å². The first-order valence-corrected chi connectivity index (χ1v) is 6.36. The van der Waals surface area contributed by atoms with E-state index in [4.69, 9.17) is 16.7 Å². The molecule has 0 fully saturated rings. The van der Waals surface area contributed by atoms with Crippen molar-refractivity contribution in [1.29, 1.82) is 0 Å². The molecular weight excluding hydrogens is 327 g/mol. The second-order valence-electron chi connectivity index (χ2n) is 2.41. The third-order valence-corrected chi connectivity index (χ3v) is 3.15. The van der Waals surface area contributed by atoms with E-state index in [0.717, 1.165) is 3.57 Å². The second kappa shape index (κ2) is 4.07. The van der Waals surface area contributed by atoms with Gasteiger partial charge in [0.05, 0.1) is 5.75 Å². The van der Waals surface area contributed by atoms with Crippen LogP contribution in [0.2, 0.25) is 5.15 Å². The van der Waals surface area contributed by atoms with Crippen molar-refractivity contribution >= 4 is 44.2 Å². The molecule has 0 spiro atoms. The Hall–Kier alpha value is 0.0800. The molecule has 4 nitrogen and oxygen atoms in total. The van der Waals surface area contributed by atoms with Crippen molar-refractivity contribution in [3.63, 3.8) is 0 Å². The molecule has 1 rings (SSSR count). The van der Waals surface area contributed by atoms with Gasteiger partial charge in [0.1, 0.15) is 5.15 Å². The van der Waals surface area contributed by atoms with E-state index in [-0.39, 0.29) is 10.9 Å². The van der Waals surface area contributed by atoms with Crippen molar-refractivity contribution in [3.8, 4) is 0 Å². The third-order valence-electron chi connectivity index (χ3n) is 1.26. The summed E-state index contributed by atoms with van der Waals surface area (Å²) in [5, 5.41) is 5.15. The smallest absolute Gasteiger partial charge is 0.213 e. The van der Waals surface area contributed by atoms with Gasteiger partial charge in [-0.1, -0.05) is 11.6 Å². The lowest BCUT2D eigenvalue weighted by atomic mass is 10.3. The molecule has 0 amide bonds. The minimum absolute atomic E-state index is 0.215. The molecule has 13 heavy (non-hydrogen) atoms. The zero-order valence-electron chi connectivity index (χ0n) is 6.37. The summed E-state index contributed by atoms with van der Waals surface area (Å²) in [5.74, 6) is -0.215. The van der Waals surface area contributed by atoms with Gasteiger partial charge in [0.25, 0.3) is 0 Å². The fourth-order valence-corrected chi connectivity index (χ4v) is 2.38. The van der Waals surface area contributed by atoms with E-state index in [0.29, 0.717) is 5.56 Å². The Labute approximate surface area is 94.7 Å². The van der Waals surface area contributed by atoms with Gasteiger partial charge in [-0.25, -0.2) is 18.5 Å². The van der Waals surface area contributed by atoms with Gasteiger partial charge in [0.15, 0.2) is 0 Å². The highest BCUT2D eigenvalue weighted by atomic mass is 127. The van der Waals surface area contributed by atoms with Crippen LogP contribution >= 0.6 is 34.2 Å². The van der Waals surface area contributed by atoms with Gasteiger partial charge >= 0.3 is 0 Å². The molecule has 72 valence electrons. The average Bonchev–Trinajstić information content (AvgIpc) is 1.94. The molecule has 7 heteroatoms. The maximum Gasteiger partial charge on any atom is 0.213 e. The number of halogens is 2. The number of sulfonamides is 1. The zero-order valence-corrected chi connectivity index (χ0v) is 10.1. The standard InChI is InChI=1S/C6H6ClIN2O2S/c7-6-1-4(3-13(9,11)12)5(8)2-10-6/h1-2H,3H2,(H2,9,11,12). The van der Waals surface area contributed by atoms with Gasteiger partial charge in [-0.2, -0.15) is 0 Å². The van der Waals surface area contributed by atoms with E-state index in [1.54, 1.807) is 0 Å². The topological polar surface area (TPSA) is 73.1 Å². The Morgan fingerprint density at radius 2 is 2.23 bits per heavy atom. The van der Waals surface area contributed by atoms with Crippen LogP contribution < -0.4 is 5.14 Å². The van der Waals surface area contributed by atoms with Crippen LogP contribution in [0, 0.1) is 3.57 Å². The summed E-state index contributed by atoms with van der Waals surface area (Å²) in [5.41, 5.74) is 0.572. The van der Waals surface area contributed by atoms with Crippen LogP contribution in [0.25, 0.3) is 0 Å². The fourth-order valence-electron chi connectivity index (χ4n) is 0.779. The second-order valence-corrected chi connectivity index (χ2v) is 5.57. The molecule has 0 aromatic carbocycles.